The van der Waals surface area contributed by atoms with Gasteiger partial charge in [0.2, 0.25) is 10.0 Å². The molecular formula is C14H21NO2S. The maximum Gasteiger partial charge on any atom is 0.240 e. The van der Waals surface area contributed by atoms with Gasteiger partial charge in [-0.3, -0.25) is 0 Å². The minimum atomic E-state index is -3.35. The van der Waals surface area contributed by atoms with Crippen LogP contribution >= 0.6 is 0 Å². The Labute approximate surface area is 110 Å². The summed E-state index contributed by atoms with van der Waals surface area (Å²) in [4.78, 5) is 0.408. The Hall–Kier alpha value is -0.870. The molecule has 0 spiro atoms. The van der Waals surface area contributed by atoms with E-state index in [0.717, 1.165) is 24.0 Å². The molecule has 2 rings (SSSR count). The zero-order chi connectivity index (χ0) is 13.2. The molecule has 100 valence electrons. The molecule has 0 unspecified atom stereocenters. The number of rotatable bonds is 4. The Balaban J connectivity index is 2.09. The molecule has 0 saturated heterocycles. The average molecular weight is 267 g/mol. The van der Waals surface area contributed by atoms with Gasteiger partial charge >= 0.3 is 0 Å². The van der Waals surface area contributed by atoms with Crippen molar-refractivity contribution in [3.05, 3.63) is 29.3 Å². The lowest BCUT2D eigenvalue weighted by molar-refractivity contribution is 0.519. The third-order valence-electron chi connectivity index (χ3n) is 3.66. The summed E-state index contributed by atoms with van der Waals surface area (Å²) >= 11 is 0. The molecule has 0 heterocycles. The first kappa shape index (κ1) is 13.6. The van der Waals surface area contributed by atoms with Gasteiger partial charge in [0.05, 0.1) is 4.90 Å². The van der Waals surface area contributed by atoms with E-state index in [9.17, 15) is 8.42 Å². The van der Waals surface area contributed by atoms with E-state index in [4.69, 9.17) is 0 Å². The van der Waals surface area contributed by atoms with Crippen molar-refractivity contribution in [2.24, 2.45) is 5.92 Å². The van der Waals surface area contributed by atoms with Crippen molar-refractivity contribution in [3.63, 3.8) is 0 Å². The molecule has 1 aromatic carbocycles. The van der Waals surface area contributed by atoms with Crippen molar-refractivity contribution >= 4 is 10.0 Å². The standard InChI is InChI=1S/C14H21NO2S/c1-11-7-8-14(12(2)9-11)18(16,17)15-10-13-5-3-4-6-13/h7-9,13,15H,3-6,10H2,1-2H3. The van der Waals surface area contributed by atoms with Gasteiger partial charge in [-0.1, -0.05) is 30.5 Å². The predicted molar refractivity (Wildman–Crippen MR) is 73.1 cm³/mol. The molecule has 1 N–H and O–H groups in total. The average Bonchev–Trinajstić information content (AvgIpc) is 2.78. The predicted octanol–water partition coefficient (Wildman–Crippen LogP) is 2.77. The van der Waals surface area contributed by atoms with Crippen LogP contribution < -0.4 is 4.72 Å². The Morgan fingerprint density at radius 2 is 1.89 bits per heavy atom. The van der Waals surface area contributed by atoms with Crippen LogP contribution in [0.5, 0.6) is 0 Å². The van der Waals surface area contributed by atoms with Gasteiger partial charge < -0.3 is 0 Å². The normalized spacial score (nSPS) is 17.2. The lowest BCUT2D eigenvalue weighted by Gasteiger charge is -2.13. The van der Waals surface area contributed by atoms with Crippen molar-refractivity contribution in [2.45, 2.75) is 44.4 Å². The molecule has 1 aromatic rings. The Kier molecular flexibility index (Phi) is 4.07. The van der Waals surface area contributed by atoms with Crippen LogP contribution in [0.15, 0.2) is 23.1 Å². The maximum atomic E-state index is 12.2. The van der Waals surface area contributed by atoms with Crippen LogP contribution in [0, 0.1) is 19.8 Å². The number of aryl methyl sites for hydroxylation is 2. The van der Waals surface area contributed by atoms with E-state index < -0.39 is 10.0 Å². The first-order chi connectivity index (χ1) is 8.49. The maximum absolute atomic E-state index is 12.2. The van der Waals surface area contributed by atoms with Crippen LogP contribution in [0.2, 0.25) is 0 Å². The largest absolute Gasteiger partial charge is 0.240 e. The molecule has 0 aliphatic heterocycles. The molecule has 1 aliphatic rings. The summed E-state index contributed by atoms with van der Waals surface area (Å²) in [7, 11) is -3.35. The third-order valence-corrected chi connectivity index (χ3v) is 5.24. The molecular weight excluding hydrogens is 246 g/mol. The van der Waals surface area contributed by atoms with E-state index in [0.29, 0.717) is 17.4 Å². The third kappa shape index (κ3) is 3.12. The quantitative estimate of drug-likeness (QED) is 0.911. The van der Waals surface area contributed by atoms with Crippen LogP contribution in [0.25, 0.3) is 0 Å². The Morgan fingerprint density at radius 1 is 1.22 bits per heavy atom. The van der Waals surface area contributed by atoms with E-state index in [-0.39, 0.29) is 0 Å². The summed E-state index contributed by atoms with van der Waals surface area (Å²) in [5.41, 5.74) is 1.90. The van der Waals surface area contributed by atoms with Gasteiger partial charge in [0.15, 0.2) is 0 Å². The zero-order valence-corrected chi connectivity index (χ0v) is 11.9. The monoisotopic (exact) mass is 267 g/mol. The SMILES string of the molecule is Cc1ccc(S(=O)(=O)NCC2CCCC2)c(C)c1. The highest BCUT2D eigenvalue weighted by Crippen LogP contribution is 2.24. The highest BCUT2D eigenvalue weighted by Gasteiger charge is 2.20. The van der Waals surface area contributed by atoms with E-state index in [1.807, 2.05) is 26.0 Å². The number of hydrogen-bond donors (Lipinski definition) is 1. The Morgan fingerprint density at radius 3 is 2.50 bits per heavy atom. The van der Waals surface area contributed by atoms with Gasteiger partial charge in [-0.2, -0.15) is 0 Å². The lowest BCUT2D eigenvalue weighted by atomic mass is 10.1. The number of sulfonamides is 1. The second-order valence-corrected chi connectivity index (χ2v) is 7.01. The van der Waals surface area contributed by atoms with Crippen LogP contribution in [0.4, 0.5) is 0 Å². The minimum Gasteiger partial charge on any atom is -0.211 e. The Bertz CT molecular complexity index is 517. The molecule has 1 fully saturated rings. The van der Waals surface area contributed by atoms with Crippen molar-refractivity contribution in [1.29, 1.82) is 0 Å². The molecule has 1 aliphatic carbocycles. The lowest BCUT2D eigenvalue weighted by Crippen LogP contribution is -2.29. The van der Waals surface area contributed by atoms with Gasteiger partial charge in [0, 0.05) is 6.54 Å². The summed E-state index contributed by atoms with van der Waals surface area (Å²) in [6.07, 6.45) is 4.76. The first-order valence-electron chi connectivity index (χ1n) is 6.56. The second kappa shape index (κ2) is 5.41. The fraction of sp³-hybridized carbons (Fsp3) is 0.571. The van der Waals surface area contributed by atoms with Crippen molar-refractivity contribution in [3.8, 4) is 0 Å². The smallest absolute Gasteiger partial charge is 0.211 e. The molecule has 0 bridgehead atoms. The van der Waals surface area contributed by atoms with Crippen LogP contribution in [0.1, 0.15) is 36.8 Å². The number of hydrogen-bond acceptors (Lipinski definition) is 2. The molecule has 0 amide bonds. The summed E-state index contributed by atoms with van der Waals surface area (Å²) < 4.78 is 27.2. The van der Waals surface area contributed by atoms with Gasteiger partial charge in [0.1, 0.15) is 0 Å². The van der Waals surface area contributed by atoms with Crippen molar-refractivity contribution in [1.82, 2.24) is 4.72 Å². The van der Waals surface area contributed by atoms with E-state index >= 15 is 0 Å². The topological polar surface area (TPSA) is 46.2 Å². The fourth-order valence-electron chi connectivity index (χ4n) is 2.62. The summed E-state index contributed by atoms with van der Waals surface area (Å²) in [5, 5.41) is 0. The van der Waals surface area contributed by atoms with Crippen LogP contribution in [0.3, 0.4) is 0 Å². The van der Waals surface area contributed by atoms with E-state index in [2.05, 4.69) is 4.72 Å². The van der Waals surface area contributed by atoms with Crippen LogP contribution in [-0.2, 0) is 10.0 Å². The van der Waals surface area contributed by atoms with Crippen molar-refractivity contribution in [2.75, 3.05) is 6.54 Å². The summed E-state index contributed by atoms with van der Waals surface area (Å²) in [6.45, 7) is 4.39. The molecule has 18 heavy (non-hydrogen) atoms. The van der Waals surface area contributed by atoms with Gasteiger partial charge in [-0.15, -0.1) is 0 Å². The molecule has 3 nitrogen and oxygen atoms in total. The van der Waals surface area contributed by atoms with Gasteiger partial charge in [-0.05, 0) is 44.2 Å². The second-order valence-electron chi connectivity index (χ2n) is 5.27. The minimum absolute atomic E-state index is 0.408. The molecule has 4 heteroatoms. The molecule has 1 saturated carbocycles. The fourth-order valence-corrected chi connectivity index (χ4v) is 3.96. The van der Waals surface area contributed by atoms with Gasteiger partial charge in [-0.25, -0.2) is 13.1 Å². The summed E-state index contributed by atoms with van der Waals surface area (Å²) in [6, 6.07) is 5.45. The van der Waals surface area contributed by atoms with Crippen molar-refractivity contribution < 1.29 is 8.42 Å². The molecule has 0 atom stereocenters. The summed E-state index contributed by atoms with van der Waals surface area (Å²) in [5.74, 6) is 0.519. The number of benzene rings is 1. The van der Waals surface area contributed by atoms with E-state index in [1.54, 1.807) is 6.07 Å². The molecule has 0 radical (unpaired) electrons. The zero-order valence-electron chi connectivity index (χ0n) is 11.1. The first-order valence-corrected chi connectivity index (χ1v) is 8.04. The number of nitrogens with one attached hydrogen (secondary N) is 1. The highest BCUT2D eigenvalue weighted by molar-refractivity contribution is 7.89. The highest BCUT2D eigenvalue weighted by atomic mass is 32.2. The van der Waals surface area contributed by atoms with E-state index in [1.165, 1.54) is 12.8 Å². The molecule has 0 aromatic heterocycles. The van der Waals surface area contributed by atoms with Gasteiger partial charge in [0.25, 0.3) is 0 Å². The van der Waals surface area contributed by atoms with Crippen LogP contribution in [-0.4, -0.2) is 15.0 Å².